The van der Waals surface area contributed by atoms with E-state index in [1.165, 1.54) is 9.13 Å². The van der Waals surface area contributed by atoms with Crippen LogP contribution in [0, 0.1) is 0 Å². The Morgan fingerprint density at radius 3 is 2.15 bits per heavy atom. The lowest BCUT2D eigenvalue weighted by atomic mass is 9.93. The van der Waals surface area contributed by atoms with Crippen molar-refractivity contribution in [2.75, 3.05) is 0 Å². The van der Waals surface area contributed by atoms with Crippen molar-refractivity contribution < 1.29 is 29.1 Å². The molecule has 0 fully saturated rings. The summed E-state index contributed by atoms with van der Waals surface area (Å²) in [4.78, 5) is 35.7. The molecule has 0 saturated heterocycles. The fourth-order valence-electron chi connectivity index (χ4n) is 2.70. The maximum atomic E-state index is 12.2. The first-order valence-electron chi connectivity index (χ1n) is 8.30. The molecule has 1 aromatic heterocycles. The van der Waals surface area contributed by atoms with Gasteiger partial charge in [-0.15, -0.1) is 0 Å². The van der Waals surface area contributed by atoms with Gasteiger partial charge >= 0.3 is 17.6 Å². The standard InChI is InChI=1S/C19H22N2O6/c1-18(2,3)27-19(15(22)23,16(24)25)12-13-6-8-14(9-7-13)21-11-5-10-20(4)17(21)26/h5-11H,12H2,1-4H3,(H-,22,23,24,25)/p+1. The van der Waals surface area contributed by atoms with E-state index in [9.17, 15) is 24.6 Å². The van der Waals surface area contributed by atoms with Gasteiger partial charge in [0.15, 0.2) is 0 Å². The fraction of sp³-hybridized carbons (Fsp3) is 0.368. The van der Waals surface area contributed by atoms with Crippen molar-refractivity contribution in [2.45, 2.75) is 38.4 Å². The van der Waals surface area contributed by atoms with Gasteiger partial charge in [-0.2, -0.15) is 9.36 Å². The smallest absolute Gasteiger partial charge is 0.479 e. The summed E-state index contributed by atoms with van der Waals surface area (Å²) in [6.45, 7) is 4.79. The van der Waals surface area contributed by atoms with Crippen molar-refractivity contribution in [2.24, 2.45) is 7.05 Å². The van der Waals surface area contributed by atoms with E-state index in [0.29, 0.717) is 11.3 Å². The Hall–Kier alpha value is -3.00. The van der Waals surface area contributed by atoms with Gasteiger partial charge in [0.1, 0.15) is 11.9 Å². The number of aryl methyl sites for hydroxylation is 1. The van der Waals surface area contributed by atoms with Crippen LogP contribution in [0.15, 0.2) is 47.5 Å². The first kappa shape index (κ1) is 20.3. The van der Waals surface area contributed by atoms with Crippen molar-refractivity contribution in [1.82, 2.24) is 4.57 Å². The highest BCUT2D eigenvalue weighted by molar-refractivity contribution is 6.02. The van der Waals surface area contributed by atoms with Gasteiger partial charge in [-0.1, -0.05) is 12.1 Å². The predicted molar refractivity (Wildman–Crippen MR) is 95.8 cm³/mol. The van der Waals surface area contributed by atoms with Gasteiger partial charge in [-0.3, -0.25) is 0 Å². The second-order valence-electron chi connectivity index (χ2n) is 7.25. The number of benzene rings is 1. The fourth-order valence-corrected chi connectivity index (χ4v) is 2.70. The lowest BCUT2D eigenvalue weighted by molar-refractivity contribution is -0.690. The Labute approximate surface area is 156 Å². The summed E-state index contributed by atoms with van der Waals surface area (Å²) in [7, 11) is 1.63. The molecule has 0 saturated carbocycles. The van der Waals surface area contributed by atoms with Gasteiger partial charge in [0.2, 0.25) is 0 Å². The number of hydrogen-bond donors (Lipinski definition) is 2. The van der Waals surface area contributed by atoms with Gasteiger partial charge in [-0.05, 0) is 38.5 Å². The Kier molecular flexibility index (Phi) is 5.51. The zero-order valence-electron chi connectivity index (χ0n) is 15.7. The summed E-state index contributed by atoms with van der Waals surface area (Å²) in [6.07, 6.45) is 2.89. The molecule has 0 atom stereocenters. The molecule has 0 spiro atoms. The third-order valence-electron chi connectivity index (χ3n) is 3.89. The largest absolute Gasteiger partial charge is 0.502 e. The lowest BCUT2D eigenvalue weighted by Gasteiger charge is -2.32. The normalized spacial score (nSPS) is 12.0. The van der Waals surface area contributed by atoms with E-state index in [2.05, 4.69) is 0 Å². The van der Waals surface area contributed by atoms with Crippen molar-refractivity contribution in [3.63, 3.8) is 0 Å². The van der Waals surface area contributed by atoms with Crippen molar-refractivity contribution in [3.05, 3.63) is 58.8 Å². The van der Waals surface area contributed by atoms with Crippen LogP contribution in [0.2, 0.25) is 0 Å². The third-order valence-corrected chi connectivity index (χ3v) is 3.89. The Morgan fingerprint density at radius 2 is 1.67 bits per heavy atom. The highest BCUT2D eigenvalue weighted by atomic mass is 16.6. The predicted octanol–water partition coefficient (Wildman–Crippen LogP) is 0.928. The van der Waals surface area contributed by atoms with E-state index in [4.69, 9.17) is 4.74 Å². The Balaban J connectivity index is 2.40. The van der Waals surface area contributed by atoms with Gasteiger partial charge in [0.05, 0.1) is 18.8 Å². The molecular formula is C19H23N2O6+. The first-order valence-corrected chi connectivity index (χ1v) is 8.30. The molecule has 8 nitrogen and oxygen atoms in total. The monoisotopic (exact) mass is 375 g/mol. The van der Waals surface area contributed by atoms with Crippen molar-refractivity contribution in [3.8, 4) is 5.69 Å². The minimum absolute atomic E-state index is 0.244. The molecule has 0 aliphatic rings. The van der Waals surface area contributed by atoms with Crippen LogP contribution in [0.3, 0.4) is 0 Å². The molecule has 144 valence electrons. The Bertz CT molecular complexity index is 895. The molecule has 0 aliphatic heterocycles. The average Bonchev–Trinajstić information content (AvgIpc) is 2.56. The van der Waals surface area contributed by atoms with E-state index >= 15 is 0 Å². The van der Waals surface area contributed by atoms with Gasteiger partial charge < -0.3 is 14.9 Å². The van der Waals surface area contributed by atoms with Gasteiger partial charge in [0.25, 0.3) is 5.60 Å². The number of aliphatic carboxylic acids is 2. The number of carbonyl (C=O) groups is 2. The van der Waals surface area contributed by atoms with Gasteiger partial charge in [-0.25, -0.2) is 14.2 Å². The van der Waals surface area contributed by atoms with E-state index in [1.54, 1.807) is 70.5 Å². The zero-order chi connectivity index (χ0) is 20.4. The summed E-state index contributed by atoms with van der Waals surface area (Å²) in [5.41, 5.74) is -2.58. The quantitative estimate of drug-likeness (QED) is 0.574. The number of ether oxygens (including phenoxy) is 1. The SMILES string of the molecule is C[n+]1cccn(-c2ccc(CC(OC(C)(C)C)(C(=O)O)C(=O)O)cc2)c1=O. The van der Waals surface area contributed by atoms with Crippen LogP contribution >= 0.6 is 0 Å². The second-order valence-corrected chi connectivity index (χ2v) is 7.25. The van der Waals surface area contributed by atoms with Crippen LogP contribution in [0.5, 0.6) is 0 Å². The number of carboxylic acid groups (broad SMARTS) is 2. The number of aromatic nitrogens is 2. The third kappa shape index (κ3) is 4.40. The van der Waals surface area contributed by atoms with Crippen LogP contribution in [-0.2, 0) is 27.8 Å². The first-order chi connectivity index (χ1) is 12.5. The summed E-state index contributed by atoms with van der Waals surface area (Å²) in [5, 5.41) is 19.1. The minimum Gasteiger partial charge on any atom is -0.479 e. The minimum atomic E-state index is -2.41. The second kappa shape index (κ2) is 7.32. The molecule has 1 aromatic carbocycles. The number of hydrogen-bond acceptors (Lipinski definition) is 4. The average molecular weight is 375 g/mol. The molecule has 2 N–H and O–H groups in total. The molecule has 0 unspecified atom stereocenters. The Morgan fingerprint density at radius 1 is 1.11 bits per heavy atom. The van der Waals surface area contributed by atoms with Crippen LogP contribution in [0.1, 0.15) is 26.3 Å². The summed E-state index contributed by atoms with van der Waals surface area (Å²) < 4.78 is 8.29. The van der Waals surface area contributed by atoms with E-state index in [1.807, 2.05) is 0 Å². The van der Waals surface area contributed by atoms with Crippen LogP contribution < -0.4 is 10.3 Å². The summed E-state index contributed by atoms with van der Waals surface area (Å²) in [6, 6.07) is 8.14. The molecule has 0 bridgehead atoms. The number of carboxylic acids is 2. The number of rotatable bonds is 6. The van der Waals surface area contributed by atoms with Crippen molar-refractivity contribution in [1.29, 1.82) is 0 Å². The lowest BCUT2D eigenvalue weighted by Crippen LogP contribution is -2.54. The molecule has 2 rings (SSSR count). The molecule has 1 heterocycles. The van der Waals surface area contributed by atoms with Crippen LogP contribution in [-0.4, -0.2) is 37.9 Å². The maximum absolute atomic E-state index is 12.2. The highest BCUT2D eigenvalue weighted by Crippen LogP contribution is 2.26. The van der Waals surface area contributed by atoms with Crippen molar-refractivity contribution >= 4 is 11.9 Å². The van der Waals surface area contributed by atoms with E-state index < -0.39 is 23.1 Å². The summed E-state index contributed by atoms with van der Waals surface area (Å²) in [5.74, 6) is -3.14. The molecule has 0 radical (unpaired) electrons. The molecular weight excluding hydrogens is 352 g/mol. The van der Waals surface area contributed by atoms with Crippen LogP contribution in [0.4, 0.5) is 0 Å². The molecule has 0 amide bonds. The van der Waals surface area contributed by atoms with E-state index in [-0.39, 0.29) is 12.1 Å². The molecule has 2 aromatic rings. The molecule has 0 aliphatic carbocycles. The van der Waals surface area contributed by atoms with E-state index in [0.717, 1.165) is 0 Å². The molecule has 8 heteroatoms. The maximum Gasteiger partial charge on any atom is 0.502 e. The van der Waals surface area contributed by atoms with Gasteiger partial charge in [0, 0.05) is 12.5 Å². The zero-order valence-corrected chi connectivity index (χ0v) is 15.7. The highest BCUT2D eigenvalue weighted by Gasteiger charge is 2.50. The van der Waals surface area contributed by atoms with Crippen LogP contribution in [0.25, 0.3) is 5.69 Å². The summed E-state index contributed by atoms with van der Waals surface area (Å²) >= 11 is 0. The molecule has 27 heavy (non-hydrogen) atoms. The topological polar surface area (TPSA) is 110 Å². The number of nitrogens with zero attached hydrogens (tertiary/aromatic N) is 2.